The predicted octanol–water partition coefficient (Wildman–Crippen LogP) is 0.511. The molecule has 16 heavy (non-hydrogen) atoms. The second kappa shape index (κ2) is 4.00. The Hall–Kier alpha value is -0.610. The zero-order valence-corrected chi connectivity index (χ0v) is 10.3. The van der Waals surface area contributed by atoms with E-state index in [2.05, 4.69) is 5.32 Å². The minimum absolute atomic E-state index is 0.242. The molecule has 3 N–H and O–H groups in total. The summed E-state index contributed by atoms with van der Waals surface area (Å²) in [6, 6.07) is -0.440. The summed E-state index contributed by atoms with van der Waals surface area (Å²) in [5, 5.41) is 3.35. The van der Waals surface area contributed by atoms with Crippen LogP contribution in [0.4, 0.5) is 0 Å². The lowest BCUT2D eigenvalue weighted by molar-refractivity contribution is -0.162. The summed E-state index contributed by atoms with van der Waals surface area (Å²) >= 11 is 0. The number of piperidine rings is 2. The molecule has 1 saturated carbocycles. The lowest BCUT2D eigenvalue weighted by atomic mass is 9.59. The number of nitrogens with two attached hydrogens (primary N) is 1. The first-order valence-electron chi connectivity index (χ1n) is 6.07. The fourth-order valence-corrected chi connectivity index (χ4v) is 2.90. The molecule has 4 nitrogen and oxygen atoms in total. The minimum Gasteiger partial charge on any atom is -0.459 e. The van der Waals surface area contributed by atoms with Gasteiger partial charge in [-0.25, -0.2) is 0 Å². The van der Waals surface area contributed by atoms with Crippen LogP contribution in [0.5, 0.6) is 0 Å². The van der Waals surface area contributed by atoms with Gasteiger partial charge in [0.25, 0.3) is 0 Å². The van der Waals surface area contributed by atoms with E-state index in [0.717, 1.165) is 13.1 Å². The van der Waals surface area contributed by atoms with E-state index in [1.165, 1.54) is 6.42 Å². The van der Waals surface area contributed by atoms with Gasteiger partial charge in [0.15, 0.2) is 0 Å². The molecule has 3 atom stereocenters. The fraction of sp³-hybridized carbons (Fsp3) is 0.917. The molecule has 2 heterocycles. The van der Waals surface area contributed by atoms with Crippen LogP contribution in [0.1, 0.15) is 27.2 Å². The highest BCUT2D eigenvalue weighted by atomic mass is 16.6. The molecule has 2 bridgehead atoms. The zero-order chi connectivity index (χ0) is 11.9. The van der Waals surface area contributed by atoms with Crippen LogP contribution in [0.15, 0.2) is 0 Å². The van der Waals surface area contributed by atoms with Gasteiger partial charge in [-0.2, -0.15) is 0 Å². The van der Waals surface area contributed by atoms with Crippen molar-refractivity contribution in [2.45, 2.75) is 38.8 Å². The average Bonchev–Trinajstić information content (AvgIpc) is 2.16. The van der Waals surface area contributed by atoms with E-state index in [1.54, 1.807) is 0 Å². The molecule has 0 spiro atoms. The standard InChI is InChI=1S/C12H22N2O2/c1-12(2,3)16-11(15)10(13)9-7-4-8(9)6-14-5-7/h7-10,14H,4-6,13H2,1-3H3/t7-,8-,10+/m1/s1. The van der Waals surface area contributed by atoms with E-state index >= 15 is 0 Å². The molecule has 3 rings (SSSR count). The molecule has 1 aliphatic carbocycles. The smallest absolute Gasteiger partial charge is 0.323 e. The molecule has 92 valence electrons. The summed E-state index contributed by atoms with van der Waals surface area (Å²) in [7, 11) is 0. The Morgan fingerprint density at radius 2 is 1.94 bits per heavy atom. The van der Waals surface area contributed by atoms with Crippen molar-refractivity contribution >= 4 is 5.97 Å². The predicted molar refractivity (Wildman–Crippen MR) is 61.8 cm³/mol. The van der Waals surface area contributed by atoms with Crippen LogP contribution >= 0.6 is 0 Å². The number of carbonyl (C=O) groups excluding carboxylic acids is 1. The Balaban J connectivity index is 1.92. The van der Waals surface area contributed by atoms with Gasteiger partial charge in [-0.3, -0.25) is 4.79 Å². The Bertz CT molecular complexity index is 271. The summed E-state index contributed by atoms with van der Waals surface area (Å²) < 4.78 is 5.34. The minimum atomic E-state index is -0.440. The van der Waals surface area contributed by atoms with Crippen molar-refractivity contribution < 1.29 is 9.53 Å². The Morgan fingerprint density at radius 3 is 2.38 bits per heavy atom. The van der Waals surface area contributed by atoms with Crippen molar-refractivity contribution in [2.75, 3.05) is 13.1 Å². The van der Waals surface area contributed by atoms with Crippen LogP contribution in [-0.4, -0.2) is 30.7 Å². The molecule has 2 aliphatic heterocycles. The highest BCUT2D eigenvalue weighted by Crippen LogP contribution is 2.44. The number of ether oxygens (including phenoxy) is 1. The normalized spacial score (nSPS) is 35.1. The van der Waals surface area contributed by atoms with Gasteiger partial charge < -0.3 is 15.8 Å². The first kappa shape index (κ1) is 11.9. The van der Waals surface area contributed by atoms with Gasteiger partial charge in [0.2, 0.25) is 0 Å². The molecule has 0 aromatic heterocycles. The molecule has 0 amide bonds. The van der Waals surface area contributed by atoms with Crippen LogP contribution in [0.2, 0.25) is 0 Å². The molecule has 0 unspecified atom stereocenters. The van der Waals surface area contributed by atoms with Gasteiger partial charge in [0, 0.05) is 0 Å². The van der Waals surface area contributed by atoms with Crippen molar-refractivity contribution in [3.63, 3.8) is 0 Å². The molecule has 0 aromatic carbocycles. The summed E-state index contributed by atoms with van der Waals surface area (Å²) in [5.41, 5.74) is 5.58. The van der Waals surface area contributed by atoms with Gasteiger partial charge in [-0.05, 0) is 58.0 Å². The molecule has 0 aromatic rings. The maximum absolute atomic E-state index is 11.9. The summed E-state index contributed by atoms with van der Waals surface area (Å²) in [4.78, 5) is 11.9. The van der Waals surface area contributed by atoms with Gasteiger partial charge in [-0.1, -0.05) is 0 Å². The third-order valence-corrected chi connectivity index (χ3v) is 3.60. The van der Waals surface area contributed by atoms with Crippen LogP contribution in [-0.2, 0) is 9.53 Å². The zero-order valence-electron chi connectivity index (χ0n) is 10.3. The van der Waals surface area contributed by atoms with Crippen molar-refractivity contribution in [3.05, 3.63) is 0 Å². The van der Waals surface area contributed by atoms with Crippen molar-refractivity contribution in [3.8, 4) is 0 Å². The number of hydrogen-bond acceptors (Lipinski definition) is 4. The van der Waals surface area contributed by atoms with Crippen LogP contribution < -0.4 is 11.1 Å². The number of esters is 1. The lowest BCUT2D eigenvalue weighted by Gasteiger charge is -2.51. The number of rotatable bonds is 2. The maximum atomic E-state index is 11.9. The van der Waals surface area contributed by atoms with Crippen molar-refractivity contribution in [1.29, 1.82) is 0 Å². The van der Waals surface area contributed by atoms with Crippen molar-refractivity contribution in [2.24, 2.45) is 23.5 Å². The van der Waals surface area contributed by atoms with E-state index in [-0.39, 0.29) is 5.97 Å². The average molecular weight is 226 g/mol. The van der Waals surface area contributed by atoms with Gasteiger partial charge >= 0.3 is 5.97 Å². The monoisotopic (exact) mass is 226 g/mol. The molecular formula is C12H22N2O2. The van der Waals surface area contributed by atoms with Crippen LogP contribution in [0, 0.1) is 17.8 Å². The first-order chi connectivity index (χ1) is 7.38. The first-order valence-corrected chi connectivity index (χ1v) is 6.07. The van der Waals surface area contributed by atoms with E-state index in [0.29, 0.717) is 17.8 Å². The topological polar surface area (TPSA) is 64.3 Å². The SMILES string of the molecule is CC(C)(C)OC(=O)[C@@H](N)C1[C@H]2CNC[C@H]1C2. The van der Waals surface area contributed by atoms with E-state index in [4.69, 9.17) is 10.5 Å². The third kappa shape index (κ3) is 2.23. The Labute approximate surface area is 96.9 Å². The second-order valence-electron chi connectivity index (χ2n) is 6.05. The van der Waals surface area contributed by atoms with Crippen LogP contribution in [0.25, 0.3) is 0 Å². The Kier molecular flexibility index (Phi) is 2.97. The number of carbonyl (C=O) groups is 1. The number of hydrogen-bond donors (Lipinski definition) is 2. The van der Waals surface area contributed by atoms with E-state index < -0.39 is 11.6 Å². The molecular weight excluding hydrogens is 204 g/mol. The fourth-order valence-electron chi connectivity index (χ4n) is 2.90. The quantitative estimate of drug-likeness (QED) is 0.673. The number of fused-ring (bicyclic) bond motifs is 2. The second-order valence-corrected chi connectivity index (χ2v) is 6.05. The highest BCUT2D eigenvalue weighted by molar-refractivity contribution is 5.76. The van der Waals surface area contributed by atoms with Gasteiger partial charge in [0.05, 0.1) is 0 Å². The van der Waals surface area contributed by atoms with Gasteiger partial charge in [0.1, 0.15) is 11.6 Å². The highest BCUT2D eigenvalue weighted by Gasteiger charge is 2.49. The summed E-state index contributed by atoms with van der Waals surface area (Å²) in [5.74, 6) is 1.23. The molecule has 2 saturated heterocycles. The van der Waals surface area contributed by atoms with Crippen LogP contribution in [0.3, 0.4) is 0 Å². The largest absolute Gasteiger partial charge is 0.459 e. The summed E-state index contributed by atoms with van der Waals surface area (Å²) in [6.07, 6.45) is 1.22. The van der Waals surface area contributed by atoms with E-state index in [1.807, 2.05) is 20.8 Å². The Morgan fingerprint density at radius 1 is 1.38 bits per heavy atom. The molecule has 4 heteroatoms. The lowest BCUT2D eigenvalue weighted by Crippen LogP contribution is -2.61. The molecule has 3 fully saturated rings. The number of nitrogens with one attached hydrogen (secondary N) is 1. The van der Waals surface area contributed by atoms with E-state index in [9.17, 15) is 4.79 Å². The molecule has 3 aliphatic rings. The maximum Gasteiger partial charge on any atom is 0.323 e. The van der Waals surface area contributed by atoms with Crippen molar-refractivity contribution in [1.82, 2.24) is 5.32 Å². The van der Waals surface area contributed by atoms with Gasteiger partial charge in [-0.15, -0.1) is 0 Å². The molecule has 0 radical (unpaired) electrons. The third-order valence-electron chi connectivity index (χ3n) is 3.60. The summed E-state index contributed by atoms with van der Waals surface area (Å²) in [6.45, 7) is 7.62.